The number of benzene rings is 1. The maximum Gasteiger partial charge on any atom is 0.319 e. The summed E-state index contributed by atoms with van der Waals surface area (Å²) in [6.07, 6.45) is 0. The summed E-state index contributed by atoms with van der Waals surface area (Å²) in [4.78, 5) is 15.4. The minimum absolute atomic E-state index is 0.636. The molecule has 90 valence electrons. The molecule has 0 radical (unpaired) electrons. The third-order valence-electron chi connectivity index (χ3n) is 2.19. The number of hydrogen-bond acceptors (Lipinski definition) is 4. The van der Waals surface area contributed by atoms with Crippen molar-refractivity contribution in [3.8, 4) is 0 Å². The number of aliphatic carboxylic acids is 1. The summed E-state index contributed by atoms with van der Waals surface area (Å²) >= 11 is 8.61. The SMILES string of the molecule is CC(C)(Sc1nc2cc(Cl)ccc2s1)C(=O)O. The molecule has 0 saturated carbocycles. The van der Waals surface area contributed by atoms with Crippen molar-refractivity contribution in [2.24, 2.45) is 0 Å². The second-order valence-electron chi connectivity index (χ2n) is 4.01. The minimum atomic E-state index is -0.877. The van der Waals surface area contributed by atoms with Crippen molar-refractivity contribution in [2.45, 2.75) is 22.9 Å². The molecular weight excluding hydrogens is 278 g/mol. The number of aromatic nitrogens is 1. The fourth-order valence-electron chi connectivity index (χ4n) is 1.19. The van der Waals surface area contributed by atoms with Crippen molar-refractivity contribution in [3.05, 3.63) is 23.2 Å². The van der Waals surface area contributed by atoms with Gasteiger partial charge in [-0.3, -0.25) is 4.79 Å². The van der Waals surface area contributed by atoms with Gasteiger partial charge in [0.05, 0.1) is 10.2 Å². The summed E-state index contributed by atoms with van der Waals surface area (Å²) in [7, 11) is 0. The third-order valence-corrected chi connectivity index (χ3v) is 4.70. The number of carboxylic acids is 1. The second-order valence-corrected chi connectivity index (χ2v) is 7.35. The number of carboxylic acid groups (broad SMARTS) is 1. The third kappa shape index (κ3) is 2.73. The van der Waals surface area contributed by atoms with E-state index in [0.29, 0.717) is 5.02 Å². The number of rotatable bonds is 3. The zero-order chi connectivity index (χ0) is 12.6. The largest absolute Gasteiger partial charge is 0.480 e. The molecule has 2 rings (SSSR count). The van der Waals surface area contributed by atoms with E-state index < -0.39 is 10.7 Å². The first kappa shape index (κ1) is 12.7. The predicted molar refractivity (Wildman–Crippen MR) is 72.2 cm³/mol. The molecule has 6 heteroatoms. The standard InChI is InChI=1S/C11H10ClNO2S2/c1-11(2,9(14)15)17-10-13-7-5-6(12)3-4-8(7)16-10/h3-5H,1-2H3,(H,14,15). The lowest BCUT2D eigenvalue weighted by atomic mass is 10.2. The maximum atomic E-state index is 11.0. The van der Waals surface area contributed by atoms with E-state index in [0.717, 1.165) is 14.6 Å². The molecule has 0 saturated heterocycles. The van der Waals surface area contributed by atoms with Crippen LogP contribution in [0.15, 0.2) is 22.5 Å². The van der Waals surface area contributed by atoms with E-state index in [1.165, 1.54) is 23.1 Å². The summed E-state index contributed by atoms with van der Waals surface area (Å²) in [5, 5.41) is 9.69. The van der Waals surface area contributed by atoms with E-state index in [1.54, 1.807) is 26.0 Å². The lowest BCUT2D eigenvalue weighted by Crippen LogP contribution is -2.26. The Hall–Kier alpha value is -0.780. The van der Waals surface area contributed by atoms with Crippen LogP contribution in [0.5, 0.6) is 0 Å². The van der Waals surface area contributed by atoms with Crippen molar-refractivity contribution in [3.63, 3.8) is 0 Å². The molecule has 0 fully saturated rings. The van der Waals surface area contributed by atoms with Crippen LogP contribution in [0, 0.1) is 0 Å². The molecule has 0 aliphatic rings. The highest BCUT2D eigenvalue weighted by atomic mass is 35.5. The Morgan fingerprint density at radius 2 is 2.24 bits per heavy atom. The fourth-order valence-corrected chi connectivity index (χ4v) is 3.76. The van der Waals surface area contributed by atoms with Crippen LogP contribution >= 0.6 is 34.7 Å². The van der Waals surface area contributed by atoms with E-state index in [2.05, 4.69) is 4.98 Å². The van der Waals surface area contributed by atoms with Crippen molar-refractivity contribution in [2.75, 3.05) is 0 Å². The average Bonchev–Trinajstić information content (AvgIpc) is 2.57. The predicted octanol–water partition coefficient (Wildman–Crippen LogP) is 3.91. The first-order valence-corrected chi connectivity index (χ1v) is 6.88. The molecule has 0 aliphatic heterocycles. The van der Waals surface area contributed by atoms with Crippen LogP contribution in [-0.4, -0.2) is 20.8 Å². The number of carbonyl (C=O) groups is 1. The number of thioether (sulfide) groups is 1. The van der Waals surface area contributed by atoms with E-state index in [9.17, 15) is 4.79 Å². The van der Waals surface area contributed by atoms with Gasteiger partial charge in [-0.1, -0.05) is 23.4 Å². The van der Waals surface area contributed by atoms with Gasteiger partial charge in [-0.05, 0) is 32.0 Å². The molecule has 2 aromatic rings. The molecule has 17 heavy (non-hydrogen) atoms. The highest BCUT2D eigenvalue weighted by Crippen LogP contribution is 2.37. The van der Waals surface area contributed by atoms with Gasteiger partial charge >= 0.3 is 5.97 Å². The molecule has 3 nitrogen and oxygen atoms in total. The van der Waals surface area contributed by atoms with Crippen molar-refractivity contribution in [1.82, 2.24) is 4.98 Å². The smallest absolute Gasteiger partial charge is 0.319 e. The van der Waals surface area contributed by atoms with E-state index in [-0.39, 0.29) is 0 Å². The zero-order valence-corrected chi connectivity index (χ0v) is 11.6. The highest BCUT2D eigenvalue weighted by Gasteiger charge is 2.29. The normalized spacial score (nSPS) is 11.9. The van der Waals surface area contributed by atoms with Gasteiger partial charge in [0.15, 0.2) is 4.34 Å². The topological polar surface area (TPSA) is 50.2 Å². The van der Waals surface area contributed by atoms with Crippen LogP contribution in [0.3, 0.4) is 0 Å². The molecule has 0 atom stereocenters. The molecule has 1 heterocycles. The molecule has 1 aromatic heterocycles. The van der Waals surface area contributed by atoms with Gasteiger partial charge in [0.25, 0.3) is 0 Å². The van der Waals surface area contributed by atoms with E-state index in [4.69, 9.17) is 16.7 Å². The molecule has 0 unspecified atom stereocenters. The van der Waals surface area contributed by atoms with Gasteiger partial charge in [-0.25, -0.2) is 4.98 Å². The summed E-state index contributed by atoms with van der Waals surface area (Å²) in [5.74, 6) is -0.847. The second kappa shape index (κ2) is 4.48. The Labute approximate surface area is 112 Å². The molecule has 1 aromatic carbocycles. The van der Waals surface area contributed by atoms with Crippen molar-refractivity contribution in [1.29, 1.82) is 0 Å². The number of halogens is 1. The molecular formula is C11H10ClNO2S2. The van der Waals surface area contributed by atoms with Crippen molar-refractivity contribution < 1.29 is 9.90 Å². The zero-order valence-electron chi connectivity index (χ0n) is 9.23. The number of nitrogens with zero attached hydrogens (tertiary/aromatic N) is 1. The fraction of sp³-hybridized carbons (Fsp3) is 0.273. The molecule has 1 N–H and O–H groups in total. The molecule has 0 bridgehead atoms. The monoisotopic (exact) mass is 287 g/mol. The minimum Gasteiger partial charge on any atom is -0.480 e. The Kier molecular flexibility index (Phi) is 3.34. The van der Waals surface area contributed by atoms with E-state index >= 15 is 0 Å². The Bertz CT molecular complexity index is 580. The van der Waals surface area contributed by atoms with Crippen LogP contribution in [0.1, 0.15) is 13.8 Å². The maximum absolute atomic E-state index is 11.0. The molecule has 0 aliphatic carbocycles. The summed E-state index contributed by atoms with van der Waals surface area (Å²) in [6.45, 7) is 3.33. The lowest BCUT2D eigenvalue weighted by Gasteiger charge is -2.15. The van der Waals surface area contributed by atoms with Crippen LogP contribution in [-0.2, 0) is 4.79 Å². The van der Waals surface area contributed by atoms with Gasteiger partial charge in [0.1, 0.15) is 4.75 Å². The summed E-state index contributed by atoms with van der Waals surface area (Å²) in [6, 6.07) is 5.48. The van der Waals surface area contributed by atoms with Gasteiger partial charge in [-0.2, -0.15) is 0 Å². The van der Waals surface area contributed by atoms with Gasteiger partial charge < -0.3 is 5.11 Å². The van der Waals surface area contributed by atoms with Crippen molar-refractivity contribution >= 4 is 50.9 Å². The van der Waals surface area contributed by atoms with Crippen LogP contribution in [0.4, 0.5) is 0 Å². The lowest BCUT2D eigenvalue weighted by molar-refractivity contribution is -0.138. The Morgan fingerprint density at radius 1 is 1.53 bits per heavy atom. The number of hydrogen-bond donors (Lipinski definition) is 1. The van der Waals surface area contributed by atoms with Gasteiger partial charge in [-0.15, -0.1) is 11.3 Å². The molecule has 0 amide bonds. The van der Waals surface area contributed by atoms with Crippen LogP contribution in [0.2, 0.25) is 5.02 Å². The van der Waals surface area contributed by atoms with Crippen LogP contribution in [0.25, 0.3) is 10.2 Å². The molecule has 0 spiro atoms. The quantitative estimate of drug-likeness (QED) is 0.870. The van der Waals surface area contributed by atoms with Gasteiger partial charge in [0, 0.05) is 5.02 Å². The Morgan fingerprint density at radius 3 is 2.88 bits per heavy atom. The first-order valence-electron chi connectivity index (χ1n) is 4.87. The summed E-state index contributed by atoms with van der Waals surface area (Å²) < 4.78 is 0.880. The Balaban J connectivity index is 2.34. The average molecular weight is 288 g/mol. The summed E-state index contributed by atoms with van der Waals surface area (Å²) in [5.41, 5.74) is 0.811. The van der Waals surface area contributed by atoms with Crippen LogP contribution < -0.4 is 0 Å². The highest BCUT2D eigenvalue weighted by molar-refractivity contribution is 8.03. The van der Waals surface area contributed by atoms with Gasteiger partial charge in [0.2, 0.25) is 0 Å². The number of fused-ring (bicyclic) bond motifs is 1. The van der Waals surface area contributed by atoms with E-state index in [1.807, 2.05) is 6.07 Å². The number of thiazole rings is 1. The first-order chi connectivity index (χ1) is 7.88.